The number of hydrogen-bond acceptors (Lipinski definition) is 2. The first-order valence-corrected chi connectivity index (χ1v) is 5.21. The molecular formula is C11H18N2O. The summed E-state index contributed by atoms with van der Waals surface area (Å²) in [5.41, 5.74) is 1.46. The smallest absolute Gasteiger partial charge is 0.0777 e. The van der Waals surface area contributed by atoms with Crippen LogP contribution < -0.4 is 0 Å². The maximum absolute atomic E-state index is 5.39. The first-order chi connectivity index (χ1) is 6.59. The van der Waals surface area contributed by atoms with Gasteiger partial charge in [-0.25, -0.2) is 0 Å². The molecular weight excluding hydrogens is 176 g/mol. The van der Waals surface area contributed by atoms with E-state index in [4.69, 9.17) is 4.74 Å². The van der Waals surface area contributed by atoms with Crippen LogP contribution in [0.25, 0.3) is 0 Å². The van der Waals surface area contributed by atoms with Gasteiger partial charge in [0.1, 0.15) is 0 Å². The lowest BCUT2D eigenvalue weighted by atomic mass is 9.92. The molecule has 0 amide bonds. The Morgan fingerprint density at radius 2 is 2.29 bits per heavy atom. The summed E-state index contributed by atoms with van der Waals surface area (Å²) in [4.78, 5) is 0. The summed E-state index contributed by atoms with van der Waals surface area (Å²) in [5, 5.41) is 4.40. The highest BCUT2D eigenvalue weighted by Gasteiger charge is 2.25. The zero-order valence-corrected chi connectivity index (χ0v) is 9.16. The van der Waals surface area contributed by atoms with Gasteiger partial charge in [0.25, 0.3) is 0 Å². The van der Waals surface area contributed by atoms with Crippen molar-refractivity contribution in [3.8, 4) is 0 Å². The highest BCUT2D eigenvalue weighted by Crippen LogP contribution is 2.27. The van der Waals surface area contributed by atoms with E-state index in [-0.39, 0.29) is 5.41 Å². The molecule has 0 aromatic carbocycles. The SMILES string of the molecule is CC(C)(C)c1ccnn1C1CCOC1. The molecule has 14 heavy (non-hydrogen) atoms. The lowest BCUT2D eigenvalue weighted by molar-refractivity contribution is 0.183. The number of ether oxygens (including phenoxy) is 1. The Hall–Kier alpha value is -0.830. The fourth-order valence-corrected chi connectivity index (χ4v) is 1.91. The number of nitrogens with zero attached hydrogens (tertiary/aromatic N) is 2. The van der Waals surface area contributed by atoms with Gasteiger partial charge in [0, 0.05) is 23.9 Å². The highest BCUT2D eigenvalue weighted by atomic mass is 16.5. The Labute approximate surface area is 85.1 Å². The molecule has 0 spiro atoms. The van der Waals surface area contributed by atoms with Gasteiger partial charge >= 0.3 is 0 Å². The molecule has 2 heterocycles. The van der Waals surface area contributed by atoms with Gasteiger partial charge in [0.05, 0.1) is 12.6 Å². The van der Waals surface area contributed by atoms with Crippen molar-refractivity contribution in [3.05, 3.63) is 18.0 Å². The molecule has 2 rings (SSSR count). The normalized spacial score (nSPS) is 22.9. The molecule has 0 bridgehead atoms. The second-order valence-corrected chi connectivity index (χ2v) is 4.93. The van der Waals surface area contributed by atoms with Crippen LogP contribution >= 0.6 is 0 Å². The lowest BCUT2D eigenvalue weighted by Gasteiger charge is -2.22. The fraction of sp³-hybridized carbons (Fsp3) is 0.727. The van der Waals surface area contributed by atoms with Crippen molar-refractivity contribution in [2.75, 3.05) is 13.2 Å². The monoisotopic (exact) mass is 194 g/mol. The van der Waals surface area contributed by atoms with Crippen molar-refractivity contribution >= 4 is 0 Å². The Morgan fingerprint density at radius 3 is 2.86 bits per heavy atom. The van der Waals surface area contributed by atoms with E-state index in [1.165, 1.54) is 5.69 Å². The number of rotatable bonds is 1. The second-order valence-electron chi connectivity index (χ2n) is 4.93. The largest absolute Gasteiger partial charge is 0.379 e. The summed E-state index contributed by atoms with van der Waals surface area (Å²) >= 11 is 0. The molecule has 1 aromatic heterocycles. The first-order valence-electron chi connectivity index (χ1n) is 5.21. The minimum atomic E-state index is 0.166. The van der Waals surface area contributed by atoms with Crippen LogP contribution in [-0.4, -0.2) is 23.0 Å². The fourth-order valence-electron chi connectivity index (χ4n) is 1.91. The van der Waals surface area contributed by atoms with Crippen molar-refractivity contribution in [3.63, 3.8) is 0 Å². The predicted octanol–water partition coefficient (Wildman–Crippen LogP) is 2.14. The Bertz CT molecular complexity index is 305. The van der Waals surface area contributed by atoms with E-state index in [1.807, 2.05) is 6.20 Å². The van der Waals surface area contributed by atoms with Crippen molar-refractivity contribution < 1.29 is 4.74 Å². The number of aromatic nitrogens is 2. The second kappa shape index (κ2) is 3.39. The van der Waals surface area contributed by atoms with E-state index >= 15 is 0 Å². The molecule has 0 saturated carbocycles. The van der Waals surface area contributed by atoms with Crippen LogP contribution in [0.2, 0.25) is 0 Å². The molecule has 1 atom stereocenters. The molecule has 1 fully saturated rings. The summed E-state index contributed by atoms with van der Waals surface area (Å²) in [6.45, 7) is 8.34. The average Bonchev–Trinajstić information content (AvgIpc) is 2.73. The quantitative estimate of drug-likeness (QED) is 0.685. The van der Waals surface area contributed by atoms with E-state index in [9.17, 15) is 0 Å². The molecule has 1 saturated heterocycles. The summed E-state index contributed by atoms with van der Waals surface area (Å²) in [7, 11) is 0. The van der Waals surface area contributed by atoms with Gasteiger partial charge in [-0.1, -0.05) is 20.8 Å². The van der Waals surface area contributed by atoms with Crippen LogP contribution in [0.1, 0.15) is 38.9 Å². The summed E-state index contributed by atoms with van der Waals surface area (Å²) in [6.07, 6.45) is 2.98. The topological polar surface area (TPSA) is 27.1 Å². The van der Waals surface area contributed by atoms with Crippen LogP contribution in [0, 0.1) is 0 Å². The van der Waals surface area contributed by atoms with E-state index in [0.717, 1.165) is 19.6 Å². The van der Waals surface area contributed by atoms with Gasteiger partial charge in [0.15, 0.2) is 0 Å². The summed E-state index contributed by atoms with van der Waals surface area (Å²) in [6, 6.07) is 2.55. The van der Waals surface area contributed by atoms with Crippen LogP contribution in [0.3, 0.4) is 0 Å². The van der Waals surface area contributed by atoms with E-state index in [1.54, 1.807) is 0 Å². The van der Waals surface area contributed by atoms with Gasteiger partial charge in [-0.05, 0) is 12.5 Å². The zero-order chi connectivity index (χ0) is 10.2. The molecule has 1 aliphatic rings. The minimum Gasteiger partial charge on any atom is -0.379 e. The van der Waals surface area contributed by atoms with Gasteiger partial charge in [-0.2, -0.15) is 5.10 Å². The average molecular weight is 194 g/mol. The Morgan fingerprint density at radius 1 is 1.50 bits per heavy atom. The molecule has 1 aliphatic heterocycles. The highest BCUT2D eigenvalue weighted by molar-refractivity contribution is 5.13. The molecule has 1 aromatic rings. The van der Waals surface area contributed by atoms with Gasteiger partial charge in [-0.3, -0.25) is 4.68 Å². The Kier molecular flexibility index (Phi) is 2.35. The van der Waals surface area contributed by atoms with Crippen LogP contribution in [0.15, 0.2) is 12.3 Å². The lowest BCUT2D eigenvalue weighted by Crippen LogP contribution is -2.22. The third-order valence-electron chi connectivity index (χ3n) is 2.69. The van der Waals surface area contributed by atoms with E-state index in [0.29, 0.717) is 6.04 Å². The van der Waals surface area contributed by atoms with E-state index < -0.39 is 0 Å². The van der Waals surface area contributed by atoms with Crippen molar-refractivity contribution in [1.29, 1.82) is 0 Å². The molecule has 0 aliphatic carbocycles. The maximum atomic E-state index is 5.39. The van der Waals surface area contributed by atoms with Crippen LogP contribution in [-0.2, 0) is 10.2 Å². The third kappa shape index (κ3) is 1.69. The minimum absolute atomic E-state index is 0.166. The summed E-state index contributed by atoms with van der Waals surface area (Å²) in [5.74, 6) is 0. The van der Waals surface area contributed by atoms with Gasteiger partial charge < -0.3 is 4.74 Å². The zero-order valence-electron chi connectivity index (χ0n) is 9.16. The summed E-state index contributed by atoms with van der Waals surface area (Å²) < 4.78 is 7.52. The first kappa shape index (κ1) is 9.71. The Balaban J connectivity index is 2.29. The van der Waals surface area contributed by atoms with Crippen molar-refractivity contribution in [2.45, 2.75) is 38.6 Å². The molecule has 0 radical (unpaired) electrons. The predicted molar refractivity (Wildman–Crippen MR) is 55.4 cm³/mol. The number of hydrogen-bond donors (Lipinski definition) is 0. The van der Waals surface area contributed by atoms with E-state index in [2.05, 4.69) is 36.6 Å². The van der Waals surface area contributed by atoms with Gasteiger partial charge in [-0.15, -0.1) is 0 Å². The maximum Gasteiger partial charge on any atom is 0.0777 e. The van der Waals surface area contributed by atoms with Crippen LogP contribution in [0.5, 0.6) is 0 Å². The molecule has 3 nitrogen and oxygen atoms in total. The third-order valence-corrected chi connectivity index (χ3v) is 2.69. The molecule has 0 N–H and O–H groups in total. The molecule has 78 valence electrons. The van der Waals surface area contributed by atoms with Gasteiger partial charge in [0.2, 0.25) is 0 Å². The molecule has 1 unspecified atom stereocenters. The van der Waals surface area contributed by atoms with Crippen molar-refractivity contribution in [2.24, 2.45) is 0 Å². The van der Waals surface area contributed by atoms with Crippen molar-refractivity contribution in [1.82, 2.24) is 9.78 Å². The van der Waals surface area contributed by atoms with Crippen LogP contribution in [0.4, 0.5) is 0 Å². The standard InChI is InChI=1S/C11H18N2O/c1-11(2,3)10-4-6-12-13(10)9-5-7-14-8-9/h4,6,9H,5,7-8H2,1-3H3. The molecule has 3 heteroatoms.